The lowest BCUT2D eigenvalue weighted by Crippen LogP contribution is -2.54. The highest BCUT2D eigenvalue weighted by atomic mass is 31.2. The average Bonchev–Trinajstić information content (AvgIpc) is 2.65. The minimum absolute atomic E-state index is 0.226. The highest BCUT2D eigenvalue weighted by Gasteiger charge is 2.52. The molecule has 1 N–H and O–H groups in total. The van der Waals surface area contributed by atoms with Crippen LogP contribution < -0.4 is 0 Å². The number of rotatable bonds is 12. The van der Waals surface area contributed by atoms with Crippen LogP contribution in [0.4, 0.5) is 0 Å². The second-order valence-corrected chi connectivity index (χ2v) is 13.1. The topological polar surface area (TPSA) is 85.3 Å². The van der Waals surface area contributed by atoms with Gasteiger partial charge in [-0.2, -0.15) is 5.06 Å². The number of hydrogen-bond acceptors (Lipinski definition) is 6. The molecule has 7 nitrogen and oxygen atoms in total. The summed E-state index contributed by atoms with van der Waals surface area (Å²) >= 11 is 0. The second-order valence-electron chi connectivity index (χ2n) is 11.0. The first kappa shape index (κ1) is 29.8. The molecule has 0 amide bonds. The number of hydrogen-bond donors (Lipinski definition) is 1. The third kappa shape index (κ3) is 8.18. The van der Waals surface area contributed by atoms with Crippen molar-refractivity contribution in [2.24, 2.45) is 10.8 Å². The van der Waals surface area contributed by atoms with Crippen LogP contribution in [0.25, 0.3) is 0 Å². The summed E-state index contributed by atoms with van der Waals surface area (Å²) in [4.78, 5) is 18.6. The van der Waals surface area contributed by atoms with E-state index in [4.69, 9.17) is 13.9 Å². The van der Waals surface area contributed by atoms with Gasteiger partial charge in [0.1, 0.15) is 11.9 Å². The summed E-state index contributed by atoms with van der Waals surface area (Å²) in [6.07, 6.45) is -0.360. The van der Waals surface area contributed by atoms with Gasteiger partial charge in [0.15, 0.2) is 0 Å². The van der Waals surface area contributed by atoms with Crippen molar-refractivity contribution in [3.05, 3.63) is 35.9 Å². The lowest BCUT2D eigenvalue weighted by Gasteiger charge is -2.49. The SMILES string of the molecule is CCOP(=O)(OCC)C(N(OC(CC(C)(C)C(=O)O)c1ccccc1)C(C)(C)C)C(C)(C)C. The maximum absolute atomic E-state index is 14.1. The fourth-order valence-electron chi connectivity index (χ4n) is 3.65. The van der Waals surface area contributed by atoms with E-state index in [0.717, 1.165) is 5.56 Å². The van der Waals surface area contributed by atoms with Crippen molar-refractivity contribution in [3.63, 3.8) is 0 Å². The molecule has 33 heavy (non-hydrogen) atoms. The molecule has 2 atom stereocenters. The third-order valence-corrected chi connectivity index (χ3v) is 8.08. The van der Waals surface area contributed by atoms with E-state index in [9.17, 15) is 14.5 Å². The van der Waals surface area contributed by atoms with Gasteiger partial charge in [0.05, 0.1) is 18.6 Å². The minimum Gasteiger partial charge on any atom is -0.481 e. The molecule has 0 spiro atoms. The summed E-state index contributed by atoms with van der Waals surface area (Å²) in [5.41, 5.74) is -1.33. The minimum atomic E-state index is -3.64. The van der Waals surface area contributed by atoms with Gasteiger partial charge in [-0.05, 0) is 65.9 Å². The van der Waals surface area contributed by atoms with Crippen molar-refractivity contribution in [2.45, 2.75) is 93.1 Å². The zero-order valence-electron chi connectivity index (χ0n) is 22.0. The average molecular weight is 486 g/mol. The Morgan fingerprint density at radius 3 is 1.82 bits per heavy atom. The van der Waals surface area contributed by atoms with Crippen molar-refractivity contribution in [1.82, 2.24) is 5.06 Å². The maximum atomic E-state index is 14.1. The van der Waals surface area contributed by atoms with Crippen LogP contribution in [0, 0.1) is 10.8 Å². The van der Waals surface area contributed by atoms with Crippen molar-refractivity contribution < 1.29 is 28.4 Å². The van der Waals surface area contributed by atoms with Gasteiger partial charge in [-0.15, -0.1) is 0 Å². The molecule has 1 aromatic rings. The van der Waals surface area contributed by atoms with Crippen molar-refractivity contribution in [1.29, 1.82) is 0 Å². The van der Waals surface area contributed by atoms with Gasteiger partial charge in [-0.25, -0.2) is 0 Å². The molecule has 0 saturated heterocycles. The fraction of sp³-hybridized carbons (Fsp3) is 0.720. The van der Waals surface area contributed by atoms with Crippen LogP contribution in [0.15, 0.2) is 30.3 Å². The molecule has 0 aliphatic rings. The smallest absolute Gasteiger partial charge is 0.350 e. The number of carboxylic acids is 1. The molecular formula is C25H44NO6P. The molecule has 0 saturated carbocycles. The van der Waals surface area contributed by atoms with Gasteiger partial charge >= 0.3 is 13.6 Å². The molecule has 0 heterocycles. The van der Waals surface area contributed by atoms with E-state index in [2.05, 4.69) is 0 Å². The van der Waals surface area contributed by atoms with Crippen LogP contribution in [0.5, 0.6) is 0 Å². The van der Waals surface area contributed by atoms with Crippen LogP contribution >= 0.6 is 7.60 Å². The van der Waals surface area contributed by atoms with E-state index in [-0.39, 0.29) is 19.6 Å². The molecule has 1 aromatic carbocycles. The molecule has 0 fully saturated rings. The predicted molar refractivity (Wildman–Crippen MR) is 132 cm³/mol. The largest absolute Gasteiger partial charge is 0.481 e. The Morgan fingerprint density at radius 2 is 1.45 bits per heavy atom. The lowest BCUT2D eigenvalue weighted by atomic mass is 9.85. The van der Waals surface area contributed by atoms with Gasteiger partial charge in [0.25, 0.3) is 0 Å². The first-order valence-electron chi connectivity index (χ1n) is 11.6. The first-order chi connectivity index (χ1) is 15.0. The summed E-state index contributed by atoms with van der Waals surface area (Å²) in [5.74, 6) is -1.64. The first-order valence-corrected chi connectivity index (χ1v) is 13.2. The second kappa shape index (κ2) is 11.5. The molecule has 0 bridgehead atoms. The predicted octanol–water partition coefficient (Wildman–Crippen LogP) is 6.90. The Morgan fingerprint density at radius 1 is 0.970 bits per heavy atom. The Kier molecular flexibility index (Phi) is 10.3. The van der Waals surface area contributed by atoms with Gasteiger partial charge in [0.2, 0.25) is 0 Å². The zero-order chi connectivity index (χ0) is 25.7. The fourth-order valence-corrected chi connectivity index (χ4v) is 6.33. The quantitative estimate of drug-likeness (QED) is 0.255. The summed E-state index contributed by atoms with van der Waals surface area (Å²) < 4.78 is 25.7. The molecule has 1 rings (SSSR count). The molecule has 0 aliphatic heterocycles. The highest BCUT2D eigenvalue weighted by molar-refractivity contribution is 7.54. The van der Waals surface area contributed by atoms with Crippen LogP contribution in [0.3, 0.4) is 0 Å². The number of carbonyl (C=O) groups is 1. The molecule has 0 aliphatic carbocycles. The number of aliphatic carboxylic acids is 1. The van der Waals surface area contributed by atoms with E-state index in [0.29, 0.717) is 0 Å². The van der Waals surface area contributed by atoms with E-state index < -0.39 is 41.8 Å². The van der Waals surface area contributed by atoms with Gasteiger partial charge in [-0.1, -0.05) is 51.1 Å². The van der Waals surface area contributed by atoms with Crippen molar-refractivity contribution in [2.75, 3.05) is 13.2 Å². The normalized spacial score (nSPS) is 15.5. The molecule has 2 unspecified atom stereocenters. The lowest BCUT2D eigenvalue weighted by molar-refractivity contribution is -0.273. The van der Waals surface area contributed by atoms with Gasteiger partial charge < -0.3 is 14.2 Å². The Balaban J connectivity index is 3.65. The Bertz CT molecular complexity index is 787. The Hall–Kier alpha value is -1.24. The van der Waals surface area contributed by atoms with Crippen LogP contribution in [-0.4, -0.2) is 40.7 Å². The summed E-state index contributed by atoms with van der Waals surface area (Å²) in [6.45, 7) is 19.2. The van der Waals surface area contributed by atoms with Crippen LogP contribution in [0.1, 0.15) is 87.3 Å². The van der Waals surface area contributed by atoms with Crippen LogP contribution in [-0.2, 0) is 23.2 Å². The van der Waals surface area contributed by atoms with E-state index in [1.165, 1.54) is 0 Å². The monoisotopic (exact) mass is 485 g/mol. The molecule has 0 radical (unpaired) electrons. The zero-order valence-corrected chi connectivity index (χ0v) is 22.9. The molecule has 8 heteroatoms. The van der Waals surface area contributed by atoms with Gasteiger partial charge in [-0.3, -0.25) is 14.2 Å². The molecular weight excluding hydrogens is 441 g/mol. The number of benzene rings is 1. The third-order valence-electron chi connectivity index (χ3n) is 5.26. The number of carboxylic acid groups (broad SMARTS) is 1. The highest BCUT2D eigenvalue weighted by Crippen LogP contribution is 2.61. The van der Waals surface area contributed by atoms with E-state index in [1.54, 1.807) is 32.8 Å². The summed E-state index contributed by atoms with van der Waals surface area (Å²) in [7, 11) is -3.64. The molecule has 0 aromatic heterocycles. The van der Waals surface area contributed by atoms with Crippen LogP contribution in [0.2, 0.25) is 0 Å². The van der Waals surface area contributed by atoms with E-state index >= 15 is 0 Å². The number of nitrogens with zero attached hydrogens (tertiary/aromatic N) is 1. The molecule has 190 valence electrons. The standard InChI is InChI=1S/C25H44NO6P/c1-11-30-33(29,31-12-2)21(23(3,4)5)26(24(6,7)8)32-20(18-25(9,10)22(27)28)19-16-14-13-15-17-19/h13-17,20-21H,11-12,18H2,1-10H3,(H,27,28). The number of hydroxylamine groups is 2. The van der Waals surface area contributed by atoms with Crippen molar-refractivity contribution >= 4 is 13.6 Å². The van der Waals surface area contributed by atoms with Gasteiger partial charge in [0, 0.05) is 5.54 Å². The Labute approximate surface area is 200 Å². The van der Waals surface area contributed by atoms with E-state index in [1.807, 2.05) is 71.9 Å². The summed E-state index contributed by atoms with van der Waals surface area (Å²) in [6, 6.07) is 9.53. The maximum Gasteiger partial charge on any atom is 0.350 e. The summed E-state index contributed by atoms with van der Waals surface area (Å²) in [5, 5.41) is 11.5. The van der Waals surface area contributed by atoms with Crippen molar-refractivity contribution in [3.8, 4) is 0 Å².